The fourth-order valence-electron chi connectivity index (χ4n) is 2.82. The topological polar surface area (TPSA) is 50.4 Å². The number of ether oxygens (including phenoxy) is 1. The van der Waals surface area contributed by atoms with Crippen LogP contribution in [-0.4, -0.2) is 12.5 Å². The van der Waals surface area contributed by atoms with E-state index in [0.29, 0.717) is 24.5 Å². The Morgan fingerprint density at radius 1 is 0.903 bits per heavy atom. The average Bonchev–Trinajstić information content (AvgIpc) is 2.74. The fourth-order valence-corrected chi connectivity index (χ4v) is 3.18. The highest BCUT2D eigenvalue weighted by Crippen LogP contribution is 2.29. The predicted octanol–water partition coefficient (Wildman–Crippen LogP) is 5.62. The van der Waals surface area contributed by atoms with E-state index in [1.54, 1.807) is 6.07 Å². The highest BCUT2D eigenvalue weighted by molar-refractivity contribution is 14.1. The number of benzene rings is 3. The molecular weight excluding hydrogens is 520 g/mol. The molecule has 0 aliphatic heterocycles. The van der Waals surface area contributed by atoms with Gasteiger partial charge in [-0.1, -0.05) is 30.3 Å². The Morgan fingerprint density at radius 2 is 1.58 bits per heavy atom. The molecule has 0 bridgehead atoms. The fraction of sp³-hybridized carbons (Fsp3) is 0.174. The highest BCUT2D eigenvalue weighted by atomic mass is 127. The molecule has 4 nitrogen and oxygen atoms in total. The molecular formula is C23H20F3IN2O2. The Balaban J connectivity index is 1.50. The van der Waals surface area contributed by atoms with Crippen LogP contribution in [0, 0.1) is 3.57 Å². The van der Waals surface area contributed by atoms with Crippen molar-refractivity contribution in [1.82, 2.24) is 5.32 Å². The van der Waals surface area contributed by atoms with Crippen molar-refractivity contribution in [3.8, 4) is 5.75 Å². The molecule has 3 aromatic carbocycles. The molecule has 0 aliphatic carbocycles. The first-order valence-electron chi connectivity index (χ1n) is 9.44. The number of alkyl halides is 3. The van der Waals surface area contributed by atoms with Crippen LogP contribution >= 0.6 is 22.6 Å². The quantitative estimate of drug-likeness (QED) is 0.365. The van der Waals surface area contributed by atoms with Gasteiger partial charge in [-0.15, -0.1) is 0 Å². The lowest BCUT2D eigenvalue weighted by atomic mass is 10.1. The standard InChI is InChI=1S/C23H20F3IN2O2/c24-23(25,26)18-7-5-16(6-8-18)13-28-14-17-3-1-2-4-21(17)31-15-22(30)29-20-11-9-19(27)10-12-20/h1-12,28H,13-15H2,(H,29,30). The number of halogens is 4. The van der Waals surface area contributed by atoms with Gasteiger partial charge in [-0.3, -0.25) is 4.79 Å². The van der Waals surface area contributed by atoms with Gasteiger partial charge in [-0.25, -0.2) is 0 Å². The van der Waals surface area contributed by atoms with E-state index < -0.39 is 11.7 Å². The SMILES string of the molecule is O=C(COc1ccccc1CNCc1ccc(C(F)(F)F)cc1)Nc1ccc(I)cc1. The second-order valence-electron chi connectivity index (χ2n) is 6.75. The summed E-state index contributed by atoms with van der Waals surface area (Å²) in [7, 11) is 0. The van der Waals surface area contributed by atoms with Gasteiger partial charge in [0.2, 0.25) is 0 Å². The minimum absolute atomic E-state index is 0.137. The normalized spacial score (nSPS) is 11.2. The van der Waals surface area contributed by atoms with Gasteiger partial charge in [0, 0.05) is 27.9 Å². The molecule has 3 aromatic rings. The number of amides is 1. The van der Waals surface area contributed by atoms with Crippen LogP contribution in [-0.2, 0) is 24.1 Å². The van der Waals surface area contributed by atoms with Gasteiger partial charge >= 0.3 is 6.18 Å². The zero-order valence-electron chi connectivity index (χ0n) is 16.4. The summed E-state index contributed by atoms with van der Waals surface area (Å²) in [6.45, 7) is 0.706. The number of para-hydroxylation sites is 1. The zero-order chi connectivity index (χ0) is 22.3. The summed E-state index contributed by atoms with van der Waals surface area (Å²) in [5, 5.41) is 5.96. The molecule has 1 amide bonds. The second-order valence-corrected chi connectivity index (χ2v) is 8.00. The van der Waals surface area contributed by atoms with E-state index in [1.165, 1.54) is 12.1 Å². The van der Waals surface area contributed by atoms with Crippen LogP contribution in [0.15, 0.2) is 72.8 Å². The molecule has 3 rings (SSSR count). The maximum Gasteiger partial charge on any atom is 0.416 e. The summed E-state index contributed by atoms with van der Waals surface area (Å²) in [6, 6.07) is 19.8. The lowest BCUT2D eigenvalue weighted by Gasteiger charge is -2.13. The van der Waals surface area contributed by atoms with Crippen molar-refractivity contribution in [2.24, 2.45) is 0 Å². The van der Waals surface area contributed by atoms with Crippen molar-refractivity contribution >= 4 is 34.2 Å². The van der Waals surface area contributed by atoms with E-state index in [2.05, 4.69) is 33.2 Å². The van der Waals surface area contributed by atoms with Crippen molar-refractivity contribution in [3.63, 3.8) is 0 Å². The monoisotopic (exact) mass is 540 g/mol. The van der Waals surface area contributed by atoms with Crippen molar-refractivity contribution in [2.75, 3.05) is 11.9 Å². The van der Waals surface area contributed by atoms with Crippen LogP contribution in [0.1, 0.15) is 16.7 Å². The van der Waals surface area contributed by atoms with Gasteiger partial charge in [0.25, 0.3) is 5.91 Å². The molecule has 0 radical (unpaired) electrons. The Labute approximate surface area is 192 Å². The summed E-state index contributed by atoms with van der Waals surface area (Å²) in [6.07, 6.45) is -4.34. The van der Waals surface area contributed by atoms with E-state index in [1.807, 2.05) is 42.5 Å². The smallest absolute Gasteiger partial charge is 0.416 e. The third kappa shape index (κ3) is 7.25. The van der Waals surface area contributed by atoms with Crippen LogP contribution in [0.3, 0.4) is 0 Å². The Hall–Kier alpha value is -2.59. The number of hydrogen-bond donors (Lipinski definition) is 2. The minimum Gasteiger partial charge on any atom is -0.483 e. The van der Waals surface area contributed by atoms with E-state index in [0.717, 1.165) is 26.8 Å². The molecule has 0 aromatic heterocycles. The van der Waals surface area contributed by atoms with Gasteiger partial charge < -0.3 is 15.4 Å². The molecule has 0 atom stereocenters. The first-order chi connectivity index (χ1) is 14.8. The number of rotatable bonds is 8. The Bertz CT molecular complexity index is 1010. The third-order valence-corrected chi connectivity index (χ3v) is 5.10. The molecule has 0 spiro atoms. The summed E-state index contributed by atoms with van der Waals surface area (Å²) in [4.78, 5) is 12.1. The van der Waals surface area contributed by atoms with Crippen LogP contribution in [0.25, 0.3) is 0 Å². The number of carbonyl (C=O) groups is 1. The second kappa shape index (κ2) is 10.6. The van der Waals surface area contributed by atoms with Gasteiger partial charge in [0.05, 0.1) is 5.56 Å². The molecule has 0 fully saturated rings. The minimum atomic E-state index is -4.34. The summed E-state index contributed by atoms with van der Waals surface area (Å²) in [5.41, 5.74) is 1.61. The van der Waals surface area contributed by atoms with E-state index in [-0.39, 0.29) is 12.5 Å². The molecule has 0 heterocycles. The van der Waals surface area contributed by atoms with Gasteiger partial charge in [0.1, 0.15) is 5.75 Å². The van der Waals surface area contributed by atoms with Crippen LogP contribution in [0.2, 0.25) is 0 Å². The molecule has 2 N–H and O–H groups in total. The van der Waals surface area contributed by atoms with E-state index in [9.17, 15) is 18.0 Å². The molecule has 0 saturated heterocycles. The average molecular weight is 540 g/mol. The van der Waals surface area contributed by atoms with Gasteiger partial charge in [0.15, 0.2) is 6.61 Å². The lowest BCUT2D eigenvalue weighted by molar-refractivity contribution is -0.137. The van der Waals surface area contributed by atoms with Crippen molar-refractivity contribution in [2.45, 2.75) is 19.3 Å². The molecule has 0 saturated carbocycles. The summed E-state index contributed by atoms with van der Waals surface area (Å²) in [5.74, 6) is 0.300. The summed E-state index contributed by atoms with van der Waals surface area (Å²) < 4.78 is 44.7. The van der Waals surface area contributed by atoms with Gasteiger partial charge in [-0.2, -0.15) is 13.2 Å². The number of hydrogen-bond acceptors (Lipinski definition) is 3. The lowest BCUT2D eigenvalue weighted by Crippen LogP contribution is -2.21. The molecule has 0 aliphatic rings. The highest BCUT2D eigenvalue weighted by Gasteiger charge is 2.29. The van der Waals surface area contributed by atoms with Crippen molar-refractivity contribution in [3.05, 3.63) is 93.1 Å². The van der Waals surface area contributed by atoms with Crippen molar-refractivity contribution in [1.29, 1.82) is 0 Å². The van der Waals surface area contributed by atoms with E-state index >= 15 is 0 Å². The molecule has 0 unspecified atom stereocenters. The predicted molar refractivity (Wildman–Crippen MR) is 122 cm³/mol. The maximum atomic E-state index is 12.6. The number of nitrogens with one attached hydrogen (secondary N) is 2. The first-order valence-corrected chi connectivity index (χ1v) is 10.5. The Kier molecular flexibility index (Phi) is 7.91. The first kappa shape index (κ1) is 23.1. The number of anilines is 1. The van der Waals surface area contributed by atoms with Crippen LogP contribution in [0.5, 0.6) is 5.75 Å². The van der Waals surface area contributed by atoms with E-state index in [4.69, 9.17) is 4.74 Å². The summed E-state index contributed by atoms with van der Waals surface area (Å²) >= 11 is 2.19. The Morgan fingerprint density at radius 3 is 2.26 bits per heavy atom. The van der Waals surface area contributed by atoms with Crippen LogP contribution < -0.4 is 15.4 Å². The van der Waals surface area contributed by atoms with Crippen LogP contribution in [0.4, 0.5) is 18.9 Å². The largest absolute Gasteiger partial charge is 0.483 e. The van der Waals surface area contributed by atoms with Gasteiger partial charge in [-0.05, 0) is 70.6 Å². The maximum absolute atomic E-state index is 12.6. The third-order valence-electron chi connectivity index (χ3n) is 4.39. The molecule has 162 valence electrons. The number of carbonyl (C=O) groups excluding carboxylic acids is 1. The zero-order valence-corrected chi connectivity index (χ0v) is 18.5. The molecule has 31 heavy (non-hydrogen) atoms. The molecule has 8 heteroatoms. The van der Waals surface area contributed by atoms with Crippen molar-refractivity contribution < 1.29 is 22.7 Å².